The van der Waals surface area contributed by atoms with Crippen molar-refractivity contribution in [3.8, 4) is 0 Å². The first-order valence-electron chi connectivity index (χ1n) is 16.8. The zero-order chi connectivity index (χ0) is 26.6. The van der Waals surface area contributed by atoms with Gasteiger partial charge in [0.2, 0.25) is 0 Å². The van der Waals surface area contributed by atoms with Crippen molar-refractivity contribution >= 4 is 8.15 Å². The van der Waals surface area contributed by atoms with E-state index in [0.717, 1.165) is 17.6 Å². The maximum absolute atomic E-state index is 6.50. The molecule has 3 heteroatoms. The van der Waals surface area contributed by atoms with Crippen molar-refractivity contribution < 1.29 is 9.01 Å². The Labute approximate surface area is 231 Å². The Morgan fingerprint density at radius 2 is 0.694 bits per heavy atom. The fourth-order valence-electron chi connectivity index (χ4n) is 5.06. The summed E-state index contributed by atoms with van der Waals surface area (Å²) in [5, 5.41) is 0. The molecule has 2 nitrogen and oxygen atoms in total. The third-order valence-electron chi connectivity index (χ3n) is 7.69. The van der Waals surface area contributed by atoms with Gasteiger partial charge in [-0.2, -0.15) is 0 Å². The number of rotatable bonds is 30. The van der Waals surface area contributed by atoms with Crippen LogP contribution in [-0.2, 0) is 4.52 Å². The number of hydrogen-bond acceptors (Lipinski definition) is 1. The third kappa shape index (κ3) is 30.6. The molecule has 0 unspecified atom stereocenters. The molecule has 0 atom stereocenters. The van der Waals surface area contributed by atoms with Crippen LogP contribution >= 0.6 is 8.15 Å². The standard InChI is InChI=1S/C33H72NOP/c1-6-8-10-12-14-16-18-20-22-24-26-28-32-36(35-31-30-34(3,4)5)33-29-27-25-23-21-19-17-15-13-11-9-7-2/h36H,6-33H2,1-5H3. The quantitative estimate of drug-likeness (QED) is 0.0510. The number of nitrogens with zero attached hydrogens (tertiary/aromatic N) is 1. The van der Waals surface area contributed by atoms with E-state index in [1.807, 2.05) is 0 Å². The van der Waals surface area contributed by atoms with E-state index in [0.29, 0.717) is 0 Å². The van der Waals surface area contributed by atoms with Gasteiger partial charge in [0.1, 0.15) is 0 Å². The zero-order valence-electron chi connectivity index (χ0n) is 26.2. The van der Waals surface area contributed by atoms with E-state index in [2.05, 4.69) is 35.0 Å². The third-order valence-corrected chi connectivity index (χ3v) is 10.1. The van der Waals surface area contributed by atoms with Gasteiger partial charge in [-0.15, -0.1) is 0 Å². The van der Waals surface area contributed by atoms with Gasteiger partial charge in [-0.05, 0) is 0 Å². The van der Waals surface area contributed by atoms with Crippen LogP contribution in [0.1, 0.15) is 168 Å². The van der Waals surface area contributed by atoms with E-state index in [4.69, 9.17) is 4.52 Å². The molecule has 0 aromatic rings. The normalized spacial score (nSPS) is 12.4. The second kappa shape index (κ2) is 28.4. The Bertz CT molecular complexity index is 381. The van der Waals surface area contributed by atoms with Crippen molar-refractivity contribution in [1.82, 2.24) is 0 Å². The summed E-state index contributed by atoms with van der Waals surface area (Å²) in [5.74, 6) is 0. The summed E-state index contributed by atoms with van der Waals surface area (Å²) in [6.07, 6.45) is 37.4. The molecule has 0 amide bonds. The Balaban J connectivity index is 3.77. The van der Waals surface area contributed by atoms with Gasteiger partial charge < -0.3 is 0 Å². The Morgan fingerprint density at radius 1 is 0.417 bits per heavy atom. The zero-order valence-corrected chi connectivity index (χ0v) is 27.2. The molecule has 0 radical (unpaired) electrons. The van der Waals surface area contributed by atoms with Gasteiger partial charge in [-0.1, -0.05) is 26.7 Å². The van der Waals surface area contributed by atoms with E-state index < -0.39 is 8.15 Å². The summed E-state index contributed by atoms with van der Waals surface area (Å²) in [7, 11) is 6.25. The van der Waals surface area contributed by atoms with Gasteiger partial charge in [0, 0.05) is 0 Å². The minimum absolute atomic E-state index is 0.601. The van der Waals surface area contributed by atoms with E-state index in [1.165, 1.54) is 166 Å². The molecule has 0 heterocycles. The first-order chi connectivity index (χ1) is 17.5. The van der Waals surface area contributed by atoms with Crippen LogP contribution in [0.2, 0.25) is 0 Å². The summed E-state index contributed by atoms with van der Waals surface area (Å²) in [5.41, 5.74) is 0. The monoisotopic (exact) mass is 530 g/mol. The first kappa shape index (κ1) is 36.4. The number of unbranched alkanes of at least 4 members (excludes halogenated alkanes) is 22. The fourth-order valence-corrected chi connectivity index (χ4v) is 7.27. The molecular weight excluding hydrogens is 457 g/mol. The van der Waals surface area contributed by atoms with E-state index in [-0.39, 0.29) is 0 Å². The molecule has 0 N–H and O–H groups in total. The molecule has 220 valence electrons. The van der Waals surface area contributed by atoms with Crippen LogP contribution in [0.25, 0.3) is 0 Å². The molecule has 0 aliphatic heterocycles. The topological polar surface area (TPSA) is 9.23 Å². The Kier molecular flexibility index (Phi) is 28.6. The van der Waals surface area contributed by atoms with Gasteiger partial charge in [0.25, 0.3) is 0 Å². The summed E-state index contributed by atoms with van der Waals surface area (Å²) in [6.45, 7) is 6.72. The van der Waals surface area contributed by atoms with Gasteiger partial charge in [-0.25, -0.2) is 0 Å². The average molecular weight is 530 g/mol. The molecule has 0 aliphatic carbocycles. The summed E-state index contributed by atoms with van der Waals surface area (Å²) < 4.78 is 7.52. The number of quaternary nitrogens is 1. The molecule has 0 saturated heterocycles. The van der Waals surface area contributed by atoms with Gasteiger partial charge in [0.05, 0.1) is 0 Å². The molecule has 36 heavy (non-hydrogen) atoms. The van der Waals surface area contributed by atoms with Crippen LogP contribution in [0, 0.1) is 0 Å². The van der Waals surface area contributed by atoms with Crippen LogP contribution in [0.15, 0.2) is 0 Å². The van der Waals surface area contributed by atoms with E-state index in [9.17, 15) is 0 Å². The van der Waals surface area contributed by atoms with E-state index >= 15 is 0 Å². The average Bonchev–Trinajstić information content (AvgIpc) is 2.84. The van der Waals surface area contributed by atoms with Gasteiger partial charge in [-0.3, -0.25) is 0 Å². The van der Waals surface area contributed by atoms with Crippen molar-refractivity contribution in [2.75, 3.05) is 46.6 Å². The number of hydrogen-bond donors (Lipinski definition) is 0. The fraction of sp³-hybridized carbons (Fsp3) is 1.00. The van der Waals surface area contributed by atoms with Gasteiger partial charge >= 0.3 is 205 Å². The van der Waals surface area contributed by atoms with Crippen LogP contribution in [0.3, 0.4) is 0 Å². The molecule has 0 spiro atoms. The van der Waals surface area contributed by atoms with Crippen LogP contribution < -0.4 is 0 Å². The van der Waals surface area contributed by atoms with Crippen molar-refractivity contribution in [1.29, 1.82) is 0 Å². The minimum atomic E-state index is -0.601. The van der Waals surface area contributed by atoms with Crippen LogP contribution in [-0.4, -0.2) is 51.1 Å². The predicted molar refractivity (Wildman–Crippen MR) is 169 cm³/mol. The molecule has 0 aromatic heterocycles. The molecule has 0 bridgehead atoms. The Morgan fingerprint density at radius 3 is 0.972 bits per heavy atom. The van der Waals surface area contributed by atoms with E-state index in [1.54, 1.807) is 0 Å². The summed E-state index contributed by atoms with van der Waals surface area (Å²) in [6, 6.07) is 0. The summed E-state index contributed by atoms with van der Waals surface area (Å²) >= 11 is 0. The van der Waals surface area contributed by atoms with Gasteiger partial charge in [0.15, 0.2) is 0 Å². The van der Waals surface area contributed by atoms with Crippen LogP contribution in [0.4, 0.5) is 0 Å². The first-order valence-corrected chi connectivity index (χ1v) is 18.6. The summed E-state index contributed by atoms with van der Waals surface area (Å²) in [4.78, 5) is 0. The molecule has 0 rings (SSSR count). The molecule has 0 aromatic carbocycles. The second-order valence-corrected chi connectivity index (χ2v) is 15.0. The number of likely N-dealkylation sites (N-methyl/N-ethyl adjacent to an activating group) is 1. The Hall–Kier alpha value is 0.350. The maximum atomic E-state index is 6.50. The SMILES string of the molecule is CCCCCCCCCCCCCC[PH-](CCCCCCCCCCCCCC)OCC[N+](C)(C)C. The predicted octanol–water partition coefficient (Wildman–Crippen LogP) is 11.2. The van der Waals surface area contributed by atoms with Crippen molar-refractivity contribution in [3.63, 3.8) is 0 Å². The molecular formula is C33H72NOP. The van der Waals surface area contributed by atoms with Crippen molar-refractivity contribution in [2.24, 2.45) is 0 Å². The molecule has 0 fully saturated rings. The second-order valence-electron chi connectivity index (χ2n) is 12.7. The molecule has 0 saturated carbocycles. The molecule has 0 aliphatic rings. The van der Waals surface area contributed by atoms with Crippen molar-refractivity contribution in [3.05, 3.63) is 0 Å². The van der Waals surface area contributed by atoms with Crippen LogP contribution in [0.5, 0.6) is 0 Å². The van der Waals surface area contributed by atoms with Crippen molar-refractivity contribution in [2.45, 2.75) is 168 Å².